The van der Waals surface area contributed by atoms with E-state index in [1.165, 1.54) is 13.0 Å². The van der Waals surface area contributed by atoms with E-state index in [4.69, 9.17) is 4.74 Å². The summed E-state index contributed by atoms with van der Waals surface area (Å²) < 4.78 is 33.6. The van der Waals surface area contributed by atoms with Gasteiger partial charge in [-0.3, -0.25) is 4.79 Å². The van der Waals surface area contributed by atoms with Crippen LogP contribution >= 0.6 is 0 Å². The van der Waals surface area contributed by atoms with Gasteiger partial charge < -0.3 is 9.64 Å². The van der Waals surface area contributed by atoms with Crippen molar-refractivity contribution in [2.75, 3.05) is 19.7 Å². The van der Waals surface area contributed by atoms with Gasteiger partial charge in [0, 0.05) is 19.7 Å². The van der Waals surface area contributed by atoms with Crippen LogP contribution in [0.1, 0.15) is 42.1 Å². The number of halogens is 2. The lowest BCUT2D eigenvalue weighted by atomic mass is 9.66. The van der Waals surface area contributed by atoms with Crippen LogP contribution in [-0.4, -0.2) is 36.6 Å². The molecule has 3 rings (SSSR count). The maximum Gasteiger partial charge on any atom is 0.259 e. The Bertz CT molecular complexity index is 597. The fraction of sp³-hybridized carbons (Fsp3) is 0.588. The highest BCUT2D eigenvalue weighted by Crippen LogP contribution is 2.49. The molecular formula is C17H21F2NO2. The zero-order chi connectivity index (χ0) is 15.9. The van der Waals surface area contributed by atoms with Gasteiger partial charge in [-0.15, -0.1) is 0 Å². The molecule has 1 aromatic carbocycles. The molecule has 0 radical (unpaired) electrons. The molecule has 0 unspecified atom stereocenters. The summed E-state index contributed by atoms with van der Waals surface area (Å²) in [4.78, 5) is 14.1. The third-order valence-electron chi connectivity index (χ3n) is 4.95. The fourth-order valence-electron chi connectivity index (χ4n) is 3.71. The Morgan fingerprint density at radius 2 is 2.14 bits per heavy atom. The number of hydrogen-bond donors (Lipinski definition) is 0. The predicted octanol–water partition coefficient (Wildman–Crippen LogP) is 3.30. The Balaban J connectivity index is 1.72. The quantitative estimate of drug-likeness (QED) is 0.857. The van der Waals surface area contributed by atoms with Crippen molar-refractivity contribution >= 4 is 5.91 Å². The summed E-state index contributed by atoms with van der Waals surface area (Å²) >= 11 is 0. The number of benzene rings is 1. The second kappa shape index (κ2) is 5.61. The van der Waals surface area contributed by atoms with Gasteiger partial charge in [-0.2, -0.15) is 0 Å². The van der Waals surface area contributed by atoms with Crippen molar-refractivity contribution in [2.45, 2.75) is 39.2 Å². The number of carbonyl (C=O) groups excluding carboxylic acids is 1. The van der Waals surface area contributed by atoms with Crippen LogP contribution in [0.5, 0.6) is 0 Å². The van der Waals surface area contributed by atoms with E-state index in [-0.39, 0.29) is 11.5 Å². The van der Waals surface area contributed by atoms with E-state index in [1.807, 2.05) is 6.92 Å². The van der Waals surface area contributed by atoms with Gasteiger partial charge in [-0.1, -0.05) is 6.07 Å². The Morgan fingerprint density at radius 1 is 1.41 bits per heavy atom. The van der Waals surface area contributed by atoms with Gasteiger partial charge in [0.15, 0.2) is 0 Å². The molecular weight excluding hydrogens is 288 g/mol. The normalized spacial score (nSPS) is 27.3. The maximum atomic E-state index is 14.1. The molecule has 22 heavy (non-hydrogen) atoms. The van der Waals surface area contributed by atoms with Gasteiger partial charge in [0.25, 0.3) is 5.91 Å². The largest absolute Gasteiger partial charge is 0.378 e. The monoisotopic (exact) mass is 309 g/mol. The summed E-state index contributed by atoms with van der Waals surface area (Å²) in [5.74, 6) is -2.06. The van der Waals surface area contributed by atoms with Gasteiger partial charge in [0.1, 0.15) is 17.2 Å². The molecule has 0 aromatic heterocycles. The summed E-state index contributed by atoms with van der Waals surface area (Å²) in [7, 11) is 0. The summed E-state index contributed by atoms with van der Waals surface area (Å²) in [5, 5.41) is 0. The summed E-state index contributed by atoms with van der Waals surface area (Å²) in [6, 6.07) is 2.51. The number of hydrogen-bond acceptors (Lipinski definition) is 2. The first-order chi connectivity index (χ1) is 10.5. The molecule has 1 spiro atoms. The van der Waals surface area contributed by atoms with E-state index in [9.17, 15) is 13.6 Å². The third-order valence-corrected chi connectivity index (χ3v) is 4.95. The van der Waals surface area contributed by atoms with E-state index in [0.29, 0.717) is 25.3 Å². The highest BCUT2D eigenvalue weighted by molar-refractivity contribution is 5.95. The molecule has 120 valence electrons. The lowest BCUT2D eigenvalue weighted by Gasteiger charge is -2.44. The average Bonchev–Trinajstić information content (AvgIpc) is 2.88. The molecule has 1 aromatic rings. The molecule has 1 heterocycles. The van der Waals surface area contributed by atoms with Crippen LogP contribution in [0, 0.1) is 24.0 Å². The minimum Gasteiger partial charge on any atom is -0.378 e. The Morgan fingerprint density at radius 3 is 2.82 bits per heavy atom. The van der Waals surface area contributed by atoms with Crippen LogP contribution in [-0.2, 0) is 4.74 Å². The van der Waals surface area contributed by atoms with Gasteiger partial charge >= 0.3 is 0 Å². The van der Waals surface area contributed by atoms with Crippen molar-refractivity contribution in [1.29, 1.82) is 0 Å². The number of carbonyl (C=O) groups is 1. The van der Waals surface area contributed by atoms with E-state index >= 15 is 0 Å². The minimum absolute atomic E-state index is 0.0896. The van der Waals surface area contributed by atoms with Crippen LogP contribution in [0.4, 0.5) is 8.78 Å². The molecule has 0 bridgehead atoms. The topological polar surface area (TPSA) is 29.5 Å². The molecule has 2 aliphatic rings. The molecule has 2 fully saturated rings. The van der Waals surface area contributed by atoms with Gasteiger partial charge in [0.05, 0.1) is 6.10 Å². The first-order valence-corrected chi connectivity index (χ1v) is 7.81. The zero-order valence-corrected chi connectivity index (χ0v) is 13.0. The third kappa shape index (κ3) is 2.51. The highest BCUT2D eigenvalue weighted by Gasteiger charge is 2.50. The molecule has 5 heteroatoms. The fourth-order valence-corrected chi connectivity index (χ4v) is 3.71. The van der Waals surface area contributed by atoms with Crippen molar-refractivity contribution < 1.29 is 18.3 Å². The Hall–Kier alpha value is -1.49. The first kappa shape index (κ1) is 15.4. The van der Waals surface area contributed by atoms with E-state index in [0.717, 1.165) is 25.3 Å². The summed E-state index contributed by atoms with van der Waals surface area (Å²) in [6.07, 6.45) is 3.02. The lowest BCUT2D eigenvalue weighted by molar-refractivity contribution is -0.0708. The van der Waals surface area contributed by atoms with Crippen molar-refractivity contribution in [3.05, 3.63) is 34.9 Å². The second-order valence-corrected chi connectivity index (χ2v) is 6.52. The van der Waals surface area contributed by atoms with Crippen LogP contribution in [0.25, 0.3) is 0 Å². The molecule has 3 nitrogen and oxygen atoms in total. The zero-order valence-electron chi connectivity index (χ0n) is 13.0. The molecule has 0 N–H and O–H groups in total. The van der Waals surface area contributed by atoms with Gasteiger partial charge in [-0.05, 0) is 50.2 Å². The number of rotatable bonds is 3. The molecule has 1 saturated carbocycles. The molecule has 0 atom stereocenters. The minimum atomic E-state index is -0.783. The van der Waals surface area contributed by atoms with Crippen LogP contribution < -0.4 is 0 Å². The van der Waals surface area contributed by atoms with Crippen molar-refractivity contribution in [3.8, 4) is 0 Å². The van der Waals surface area contributed by atoms with Crippen LogP contribution in [0.3, 0.4) is 0 Å². The van der Waals surface area contributed by atoms with Crippen LogP contribution in [0.15, 0.2) is 12.1 Å². The molecule has 1 saturated heterocycles. The predicted molar refractivity (Wildman–Crippen MR) is 78.7 cm³/mol. The first-order valence-electron chi connectivity index (χ1n) is 7.81. The average molecular weight is 309 g/mol. The van der Waals surface area contributed by atoms with Crippen molar-refractivity contribution in [3.63, 3.8) is 0 Å². The smallest absolute Gasteiger partial charge is 0.259 e. The van der Waals surface area contributed by atoms with Gasteiger partial charge in [0.2, 0.25) is 0 Å². The molecule has 1 aliphatic heterocycles. The Kier molecular flexibility index (Phi) is 3.93. The number of likely N-dealkylation sites (tertiary alicyclic amines) is 1. The van der Waals surface area contributed by atoms with E-state index < -0.39 is 23.1 Å². The second-order valence-electron chi connectivity index (χ2n) is 6.52. The van der Waals surface area contributed by atoms with E-state index in [1.54, 1.807) is 4.90 Å². The Labute approximate surface area is 129 Å². The van der Waals surface area contributed by atoms with Crippen molar-refractivity contribution in [1.82, 2.24) is 4.90 Å². The highest BCUT2D eigenvalue weighted by atomic mass is 19.1. The standard InChI is InChI=1S/C17H21F2NO2/c1-3-22-12-8-17(9-12)6-7-20(10-17)16(21)14-13(18)5-4-11(2)15(14)19/h4-5,12H,3,6-10H2,1-2H3. The maximum absolute atomic E-state index is 14.1. The number of nitrogens with zero attached hydrogens (tertiary/aromatic N) is 1. The molecule has 1 amide bonds. The van der Waals surface area contributed by atoms with Crippen molar-refractivity contribution in [2.24, 2.45) is 5.41 Å². The van der Waals surface area contributed by atoms with Crippen LogP contribution in [0.2, 0.25) is 0 Å². The number of amides is 1. The molecule has 1 aliphatic carbocycles. The van der Waals surface area contributed by atoms with Gasteiger partial charge in [-0.25, -0.2) is 8.78 Å². The number of ether oxygens (including phenoxy) is 1. The summed E-state index contributed by atoms with van der Waals surface area (Å²) in [6.45, 7) is 5.34. The summed E-state index contributed by atoms with van der Waals surface area (Å²) in [5.41, 5.74) is -0.0387. The van der Waals surface area contributed by atoms with E-state index in [2.05, 4.69) is 0 Å². The SMILES string of the molecule is CCOC1CC2(CCN(C(=O)c3c(F)ccc(C)c3F)C2)C1. The lowest BCUT2D eigenvalue weighted by Crippen LogP contribution is -2.45. The number of aryl methyl sites for hydroxylation is 1.